The van der Waals surface area contributed by atoms with E-state index >= 15 is 0 Å². The molecule has 4 rings (SSSR count). The predicted molar refractivity (Wildman–Crippen MR) is 109 cm³/mol. The summed E-state index contributed by atoms with van der Waals surface area (Å²) in [4.78, 5) is 17.0. The lowest BCUT2D eigenvalue weighted by molar-refractivity contribution is 0.942. The standard InChI is InChI=1S/C22H22N4O/c1-15-5-4-6-21-24-19(13-22(27)26(15)21)14-23-18-9-11-20(12-10-18)25-16(2)7-8-17(25)3/h4-13,23H,14H2,1-3H3. The van der Waals surface area contributed by atoms with Gasteiger partial charge in [-0.25, -0.2) is 4.98 Å². The van der Waals surface area contributed by atoms with Gasteiger partial charge in [0.25, 0.3) is 5.56 Å². The van der Waals surface area contributed by atoms with Crippen molar-refractivity contribution in [1.29, 1.82) is 0 Å². The highest BCUT2D eigenvalue weighted by molar-refractivity contribution is 5.50. The van der Waals surface area contributed by atoms with Crippen LogP contribution in [0.2, 0.25) is 0 Å². The van der Waals surface area contributed by atoms with Crippen LogP contribution in [0.5, 0.6) is 0 Å². The first-order valence-corrected chi connectivity index (χ1v) is 9.00. The van der Waals surface area contributed by atoms with Crippen LogP contribution >= 0.6 is 0 Å². The van der Waals surface area contributed by atoms with Gasteiger partial charge in [-0.1, -0.05) is 6.07 Å². The number of benzene rings is 1. The molecule has 3 heterocycles. The molecule has 0 unspecified atom stereocenters. The average molecular weight is 358 g/mol. The van der Waals surface area contributed by atoms with Crippen LogP contribution in [-0.4, -0.2) is 14.0 Å². The maximum atomic E-state index is 12.4. The molecule has 0 aliphatic rings. The summed E-state index contributed by atoms with van der Waals surface area (Å²) in [6.45, 7) is 6.61. The minimum atomic E-state index is -0.0520. The minimum Gasteiger partial charge on any atom is -0.379 e. The van der Waals surface area contributed by atoms with Crippen LogP contribution < -0.4 is 10.9 Å². The molecule has 5 nitrogen and oxygen atoms in total. The van der Waals surface area contributed by atoms with Gasteiger partial charge in [-0.2, -0.15) is 0 Å². The van der Waals surface area contributed by atoms with E-state index in [-0.39, 0.29) is 5.56 Å². The molecule has 4 aromatic rings. The number of aromatic nitrogens is 3. The van der Waals surface area contributed by atoms with Crippen molar-refractivity contribution >= 4 is 11.3 Å². The Hall–Kier alpha value is -3.34. The molecule has 0 saturated carbocycles. The van der Waals surface area contributed by atoms with Gasteiger partial charge in [-0.15, -0.1) is 0 Å². The zero-order valence-corrected chi connectivity index (χ0v) is 15.7. The van der Waals surface area contributed by atoms with E-state index in [9.17, 15) is 4.79 Å². The van der Waals surface area contributed by atoms with E-state index in [1.807, 2.05) is 37.3 Å². The fourth-order valence-electron chi connectivity index (χ4n) is 3.45. The summed E-state index contributed by atoms with van der Waals surface area (Å²) < 4.78 is 3.85. The van der Waals surface area contributed by atoms with Crippen molar-refractivity contribution in [1.82, 2.24) is 14.0 Å². The highest BCUT2D eigenvalue weighted by atomic mass is 16.1. The molecule has 5 heteroatoms. The molecule has 0 atom stereocenters. The monoisotopic (exact) mass is 358 g/mol. The molecule has 0 aliphatic carbocycles. The second kappa shape index (κ2) is 6.76. The van der Waals surface area contributed by atoms with Crippen molar-refractivity contribution in [3.63, 3.8) is 0 Å². The van der Waals surface area contributed by atoms with E-state index < -0.39 is 0 Å². The third-order valence-corrected chi connectivity index (χ3v) is 4.80. The van der Waals surface area contributed by atoms with Gasteiger partial charge in [0.1, 0.15) is 5.65 Å². The molecule has 0 amide bonds. The summed E-state index contributed by atoms with van der Waals surface area (Å²) in [7, 11) is 0. The lowest BCUT2D eigenvalue weighted by Gasteiger charge is -2.12. The summed E-state index contributed by atoms with van der Waals surface area (Å²) >= 11 is 0. The number of hydrogen-bond donors (Lipinski definition) is 1. The van der Waals surface area contributed by atoms with Gasteiger partial charge in [0, 0.05) is 34.5 Å². The molecule has 27 heavy (non-hydrogen) atoms. The molecular formula is C22H22N4O. The largest absolute Gasteiger partial charge is 0.379 e. The minimum absolute atomic E-state index is 0.0520. The lowest BCUT2D eigenvalue weighted by atomic mass is 10.2. The zero-order valence-electron chi connectivity index (χ0n) is 15.7. The Labute approximate surface area is 157 Å². The Bertz CT molecular complexity index is 1150. The molecular weight excluding hydrogens is 336 g/mol. The van der Waals surface area contributed by atoms with E-state index in [0.29, 0.717) is 12.2 Å². The molecule has 0 fully saturated rings. The number of nitrogens with zero attached hydrogens (tertiary/aromatic N) is 3. The van der Waals surface area contributed by atoms with Crippen molar-refractivity contribution in [2.75, 3.05) is 5.32 Å². The van der Waals surface area contributed by atoms with E-state index in [2.05, 4.69) is 53.0 Å². The summed E-state index contributed by atoms with van der Waals surface area (Å²) in [6.07, 6.45) is 0. The lowest BCUT2D eigenvalue weighted by Crippen LogP contribution is -2.18. The highest BCUT2D eigenvalue weighted by Gasteiger charge is 2.06. The first-order chi connectivity index (χ1) is 13.0. The molecule has 3 aromatic heterocycles. The van der Waals surface area contributed by atoms with Gasteiger partial charge in [0.05, 0.1) is 12.2 Å². The quantitative estimate of drug-likeness (QED) is 0.599. The first kappa shape index (κ1) is 17.1. The molecule has 0 bridgehead atoms. The number of pyridine rings is 1. The normalized spacial score (nSPS) is 11.1. The van der Waals surface area contributed by atoms with Crippen LogP contribution in [0.4, 0.5) is 5.69 Å². The second-order valence-electron chi connectivity index (χ2n) is 6.80. The Morgan fingerprint density at radius 1 is 0.889 bits per heavy atom. The van der Waals surface area contributed by atoms with Crippen molar-refractivity contribution in [2.24, 2.45) is 0 Å². The van der Waals surface area contributed by atoms with Crippen LogP contribution in [0, 0.1) is 20.8 Å². The van der Waals surface area contributed by atoms with Gasteiger partial charge in [0.15, 0.2) is 0 Å². The Balaban J connectivity index is 1.54. The van der Waals surface area contributed by atoms with Crippen LogP contribution in [0.15, 0.2) is 65.5 Å². The number of anilines is 1. The highest BCUT2D eigenvalue weighted by Crippen LogP contribution is 2.19. The molecule has 0 spiro atoms. The summed E-state index contributed by atoms with van der Waals surface area (Å²) in [5.74, 6) is 0. The average Bonchev–Trinajstić information content (AvgIpc) is 2.99. The van der Waals surface area contributed by atoms with Crippen molar-refractivity contribution in [3.8, 4) is 5.69 Å². The van der Waals surface area contributed by atoms with E-state index in [1.54, 1.807) is 10.5 Å². The van der Waals surface area contributed by atoms with Gasteiger partial charge < -0.3 is 9.88 Å². The van der Waals surface area contributed by atoms with Crippen molar-refractivity contribution < 1.29 is 0 Å². The fraction of sp³-hybridized carbons (Fsp3) is 0.182. The SMILES string of the molecule is Cc1ccc(C)n1-c1ccc(NCc2cc(=O)n3c(C)cccc3n2)cc1. The number of aryl methyl sites for hydroxylation is 3. The van der Waals surface area contributed by atoms with Gasteiger partial charge in [-0.05, 0) is 69.3 Å². The van der Waals surface area contributed by atoms with Crippen molar-refractivity contribution in [3.05, 3.63) is 93.8 Å². The Morgan fingerprint density at radius 3 is 2.30 bits per heavy atom. The number of hydrogen-bond acceptors (Lipinski definition) is 3. The Morgan fingerprint density at radius 2 is 1.59 bits per heavy atom. The second-order valence-corrected chi connectivity index (χ2v) is 6.80. The van der Waals surface area contributed by atoms with E-state index in [1.165, 1.54) is 11.4 Å². The van der Waals surface area contributed by atoms with Crippen molar-refractivity contribution in [2.45, 2.75) is 27.3 Å². The van der Waals surface area contributed by atoms with Gasteiger partial charge in [-0.3, -0.25) is 9.20 Å². The van der Waals surface area contributed by atoms with E-state index in [4.69, 9.17) is 0 Å². The molecule has 1 aromatic carbocycles. The zero-order chi connectivity index (χ0) is 19.0. The van der Waals surface area contributed by atoms with Gasteiger partial charge in [0.2, 0.25) is 0 Å². The maximum absolute atomic E-state index is 12.4. The molecule has 136 valence electrons. The maximum Gasteiger partial charge on any atom is 0.258 e. The van der Waals surface area contributed by atoms with Crippen LogP contribution in [0.3, 0.4) is 0 Å². The summed E-state index contributed by atoms with van der Waals surface area (Å²) in [5, 5.41) is 3.35. The molecule has 1 N–H and O–H groups in total. The molecule has 0 radical (unpaired) electrons. The third-order valence-electron chi connectivity index (χ3n) is 4.80. The first-order valence-electron chi connectivity index (χ1n) is 9.00. The van der Waals surface area contributed by atoms with Crippen LogP contribution in [-0.2, 0) is 6.54 Å². The van der Waals surface area contributed by atoms with Crippen LogP contribution in [0.25, 0.3) is 11.3 Å². The summed E-state index contributed by atoms with van der Waals surface area (Å²) in [6, 6.07) is 19.8. The smallest absolute Gasteiger partial charge is 0.258 e. The third kappa shape index (κ3) is 3.24. The van der Waals surface area contributed by atoms with E-state index in [0.717, 1.165) is 22.8 Å². The molecule has 0 aliphatic heterocycles. The fourth-order valence-corrected chi connectivity index (χ4v) is 3.45. The number of rotatable bonds is 4. The number of fused-ring (bicyclic) bond motifs is 1. The summed E-state index contributed by atoms with van der Waals surface area (Å²) in [5.41, 5.74) is 6.79. The molecule has 0 saturated heterocycles. The van der Waals surface area contributed by atoms with Crippen LogP contribution in [0.1, 0.15) is 22.8 Å². The van der Waals surface area contributed by atoms with Gasteiger partial charge >= 0.3 is 0 Å². The topological polar surface area (TPSA) is 51.3 Å². The predicted octanol–water partition coefficient (Wildman–Crippen LogP) is 4.02. The number of nitrogens with one attached hydrogen (secondary N) is 1. The Kier molecular flexibility index (Phi) is 4.28.